The van der Waals surface area contributed by atoms with Crippen LogP contribution < -0.4 is 4.90 Å². The predicted molar refractivity (Wildman–Crippen MR) is 99.4 cm³/mol. The summed E-state index contributed by atoms with van der Waals surface area (Å²) in [5.74, 6) is -0.364. The minimum absolute atomic E-state index is 0.0154. The molecule has 1 heterocycles. The lowest BCUT2D eigenvalue weighted by molar-refractivity contribution is -0.137. The van der Waals surface area contributed by atoms with Crippen LogP contribution in [-0.4, -0.2) is 37.4 Å². The molecule has 0 saturated carbocycles. The van der Waals surface area contributed by atoms with E-state index in [1.165, 1.54) is 19.2 Å². The molecule has 7 heteroatoms. The van der Waals surface area contributed by atoms with E-state index in [0.29, 0.717) is 12.1 Å². The van der Waals surface area contributed by atoms with E-state index in [4.69, 9.17) is 4.74 Å². The minimum Gasteiger partial charge on any atom is -0.465 e. The molecule has 2 atom stereocenters. The van der Waals surface area contributed by atoms with Crippen LogP contribution in [0.4, 0.5) is 18.9 Å². The van der Waals surface area contributed by atoms with Crippen molar-refractivity contribution in [1.29, 1.82) is 0 Å². The van der Waals surface area contributed by atoms with Crippen molar-refractivity contribution in [3.63, 3.8) is 0 Å². The van der Waals surface area contributed by atoms with E-state index < -0.39 is 17.7 Å². The fraction of sp³-hybridized carbons (Fsp3) is 0.381. The summed E-state index contributed by atoms with van der Waals surface area (Å²) in [6.07, 6.45) is -2.84. The highest BCUT2D eigenvalue weighted by molar-refractivity contribution is 5.89. The number of alkyl halides is 3. The summed E-state index contributed by atoms with van der Waals surface area (Å²) in [6, 6.07) is 12.1. The van der Waals surface area contributed by atoms with Crippen molar-refractivity contribution in [3.8, 4) is 0 Å². The zero-order valence-corrected chi connectivity index (χ0v) is 15.4. The average molecular weight is 393 g/mol. The summed E-state index contributed by atoms with van der Waals surface area (Å²) in [5, 5.41) is 9.75. The van der Waals surface area contributed by atoms with Crippen LogP contribution in [0.1, 0.15) is 40.2 Å². The zero-order chi connectivity index (χ0) is 20.3. The second kappa shape index (κ2) is 8.22. The Morgan fingerprint density at radius 1 is 1.11 bits per heavy atom. The molecule has 0 aromatic heterocycles. The maximum atomic E-state index is 12.8. The highest BCUT2D eigenvalue weighted by atomic mass is 19.4. The number of carbonyl (C=O) groups excluding carboxylic acids is 1. The average Bonchev–Trinajstić information content (AvgIpc) is 2.72. The van der Waals surface area contributed by atoms with E-state index in [-0.39, 0.29) is 18.6 Å². The summed E-state index contributed by atoms with van der Waals surface area (Å²) >= 11 is 0. The maximum Gasteiger partial charge on any atom is 0.416 e. The molecule has 0 bridgehead atoms. The molecule has 4 nitrogen and oxygen atoms in total. The van der Waals surface area contributed by atoms with Crippen molar-refractivity contribution in [2.75, 3.05) is 25.2 Å². The van der Waals surface area contributed by atoms with Crippen LogP contribution in [0.2, 0.25) is 0 Å². The largest absolute Gasteiger partial charge is 0.465 e. The van der Waals surface area contributed by atoms with Crippen LogP contribution in [-0.2, 0) is 10.9 Å². The van der Waals surface area contributed by atoms with Gasteiger partial charge in [-0.05, 0) is 54.8 Å². The highest BCUT2D eigenvalue weighted by Gasteiger charge is 2.32. The minimum atomic E-state index is -4.35. The van der Waals surface area contributed by atoms with Gasteiger partial charge in [0.25, 0.3) is 0 Å². The molecule has 2 aromatic rings. The van der Waals surface area contributed by atoms with Gasteiger partial charge >= 0.3 is 12.1 Å². The molecule has 2 aromatic carbocycles. The Hall–Kier alpha value is -2.54. The van der Waals surface area contributed by atoms with E-state index >= 15 is 0 Å². The van der Waals surface area contributed by atoms with Crippen molar-refractivity contribution in [2.45, 2.75) is 31.0 Å². The number of benzene rings is 2. The number of rotatable bonds is 4. The molecular formula is C21H22F3NO3. The monoisotopic (exact) mass is 393 g/mol. The summed E-state index contributed by atoms with van der Waals surface area (Å²) < 4.78 is 43.1. The van der Waals surface area contributed by atoms with E-state index in [1.807, 2.05) is 4.90 Å². The van der Waals surface area contributed by atoms with E-state index in [1.54, 1.807) is 24.3 Å². The van der Waals surface area contributed by atoms with Gasteiger partial charge < -0.3 is 14.7 Å². The highest BCUT2D eigenvalue weighted by Crippen LogP contribution is 2.35. The molecule has 2 unspecified atom stereocenters. The van der Waals surface area contributed by atoms with E-state index in [2.05, 4.69) is 0 Å². The number of carbonyl (C=O) groups is 1. The number of anilines is 1. The van der Waals surface area contributed by atoms with Gasteiger partial charge in [-0.1, -0.05) is 12.1 Å². The maximum absolute atomic E-state index is 12.8. The fourth-order valence-electron chi connectivity index (χ4n) is 3.66. The van der Waals surface area contributed by atoms with Crippen molar-refractivity contribution < 1.29 is 27.8 Å². The molecule has 28 heavy (non-hydrogen) atoms. The molecule has 1 aliphatic rings. The van der Waals surface area contributed by atoms with Crippen molar-refractivity contribution in [3.05, 3.63) is 65.2 Å². The number of methoxy groups -OCH3 is 1. The normalized spacial score (nSPS) is 20.1. The van der Waals surface area contributed by atoms with Gasteiger partial charge in [0.2, 0.25) is 0 Å². The van der Waals surface area contributed by atoms with Gasteiger partial charge in [-0.25, -0.2) is 4.79 Å². The van der Waals surface area contributed by atoms with E-state index in [9.17, 15) is 23.1 Å². The number of piperidine rings is 1. The Morgan fingerprint density at radius 3 is 2.29 bits per heavy atom. The van der Waals surface area contributed by atoms with Gasteiger partial charge in [0.05, 0.1) is 30.9 Å². The van der Waals surface area contributed by atoms with E-state index in [0.717, 1.165) is 36.2 Å². The molecule has 1 aliphatic heterocycles. The summed E-state index contributed by atoms with van der Waals surface area (Å²) in [5.41, 5.74) is 1.47. The van der Waals surface area contributed by atoms with Gasteiger partial charge in [-0.2, -0.15) is 13.2 Å². The lowest BCUT2D eigenvalue weighted by atomic mass is 9.86. The topological polar surface area (TPSA) is 49.8 Å². The first-order valence-corrected chi connectivity index (χ1v) is 9.06. The standard InChI is InChI=1S/C21H22F3NO3/c1-28-20(27)15-4-9-18(10-5-15)25-12-16(6-11-19(25)13-26)14-2-7-17(8-3-14)21(22,23)24/h2-5,7-10,16,19,26H,6,11-13H2,1H3. The molecule has 1 N–H and O–H groups in total. The third kappa shape index (κ3) is 4.30. The number of nitrogens with zero attached hydrogens (tertiary/aromatic N) is 1. The Kier molecular flexibility index (Phi) is 5.93. The molecule has 150 valence electrons. The number of ether oxygens (including phenoxy) is 1. The van der Waals surface area contributed by atoms with Crippen LogP contribution in [0.3, 0.4) is 0 Å². The molecule has 0 spiro atoms. The zero-order valence-electron chi connectivity index (χ0n) is 15.4. The van der Waals surface area contributed by atoms with Crippen molar-refractivity contribution in [1.82, 2.24) is 0 Å². The predicted octanol–water partition coefficient (Wildman–Crippen LogP) is 4.24. The second-order valence-corrected chi connectivity index (χ2v) is 6.92. The van der Waals surface area contributed by atoms with Crippen LogP contribution in [0.25, 0.3) is 0 Å². The number of hydrogen-bond acceptors (Lipinski definition) is 4. The van der Waals surface area contributed by atoms with Crippen LogP contribution >= 0.6 is 0 Å². The first-order valence-electron chi connectivity index (χ1n) is 9.06. The van der Waals surface area contributed by atoms with Gasteiger partial charge in [0.1, 0.15) is 0 Å². The third-order valence-corrected chi connectivity index (χ3v) is 5.25. The summed E-state index contributed by atoms with van der Waals surface area (Å²) in [7, 11) is 1.32. The SMILES string of the molecule is COC(=O)c1ccc(N2CC(c3ccc(C(F)(F)F)cc3)CCC2CO)cc1. The van der Waals surface area contributed by atoms with Crippen molar-refractivity contribution >= 4 is 11.7 Å². The fourth-order valence-corrected chi connectivity index (χ4v) is 3.66. The Labute approximate surface area is 161 Å². The van der Waals surface area contributed by atoms with Crippen LogP contribution in [0.15, 0.2) is 48.5 Å². The first kappa shape index (κ1) is 20.2. The third-order valence-electron chi connectivity index (χ3n) is 5.25. The summed E-state index contributed by atoms with van der Waals surface area (Å²) in [6.45, 7) is 0.562. The lowest BCUT2D eigenvalue weighted by Crippen LogP contribution is -2.44. The van der Waals surface area contributed by atoms with Gasteiger partial charge in [-0.3, -0.25) is 0 Å². The second-order valence-electron chi connectivity index (χ2n) is 6.92. The first-order chi connectivity index (χ1) is 13.3. The van der Waals surface area contributed by atoms with Crippen LogP contribution in [0, 0.1) is 0 Å². The molecule has 0 radical (unpaired) electrons. The smallest absolute Gasteiger partial charge is 0.416 e. The molecular weight excluding hydrogens is 371 g/mol. The number of esters is 1. The number of aliphatic hydroxyl groups is 1. The van der Waals surface area contributed by atoms with Gasteiger partial charge in [0, 0.05) is 18.2 Å². The number of halogens is 3. The van der Waals surface area contributed by atoms with Crippen LogP contribution in [0.5, 0.6) is 0 Å². The molecule has 3 rings (SSSR count). The van der Waals surface area contributed by atoms with Crippen molar-refractivity contribution in [2.24, 2.45) is 0 Å². The Morgan fingerprint density at radius 2 is 1.75 bits per heavy atom. The Bertz CT molecular complexity index is 803. The Balaban J connectivity index is 1.80. The molecule has 1 saturated heterocycles. The number of hydrogen-bond donors (Lipinski definition) is 1. The molecule has 1 fully saturated rings. The number of aliphatic hydroxyl groups excluding tert-OH is 1. The van der Waals surface area contributed by atoms with Gasteiger partial charge in [0.15, 0.2) is 0 Å². The van der Waals surface area contributed by atoms with Gasteiger partial charge in [-0.15, -0.1) is 0 Å². The lowest BCUT2D eigenvalue weighted by Gasteiger charge is -2.41. The summed E-state index contributed by atoms with van der Waals surface area (Å²) in [4.78, 5) is 13.6. The molecule has 0 aliphatic carbocycles. The quantitative estimate of drug-likeness (QED) is 0.790. The molecule has 0 amide bonds.